The normalized spacial score (nSPS) is 10.7. The molecule has 0 bridgehead atoms. The lowest BCUT2D eigenvalue weighted by Crippen LogP contribution is -2.42. The number of hydrogen-bond acceptors (Lipinski definition) is 5. The number of carbonyl (C=O) groups is 1. The van der Waals surface area contributed by atoms with Crippen LogP contribution in [0.2, 0.25) is 0 Å². The Bertz CT molecular complexity index is 762. The number of carbonyl (C=O) groups excluding carboxylic acids is 1. The summed E-state index contributed by atoms with van der Waals surface area (Å²) in [7, 11) is 3.30. The predicted octanol–water partition coefficient (Wildman–Crippen LogP) is 2.37. The second-order valence-electron chi connectivity index (χ2n) is 5.65. The van der Waals surface area contributed by atoms with Gasteiger partial charge in [-0.05, 0) is 31.5 Å². The molecule has 9 heteroatoms. The summed E-state index contributed by atoms with van der Waals surface area (Å²) in [6, 6.07) is 7.59. The minimum absolute atomic E-state index is 0. The maximum absolute atomic E-state index is 12.0. The standard InChI is InChI=1S/C18H25N5O2S.HI/c1-12-16(26-13(2)23-12)10-21-18(19-3)22-11-17(24)20-9-14-5-7-15(25-4)8-6-14;/h5-8H,9-11H2,1-4H3,(H,20,24)(H2,19,21,22);1H. The number of thiazole rings is 1. The SMILES string of the molecule is CN=C(NCC(=O)NCc1ccc(OC)cc1)NCc1sc(C)nc1C.I. The number of guanidine groups is 1. The van der Waals surface area contributed by atoms with Gasteiger partial charge in [0, 0.05) is 18.5 Å². The number of aromatic nitrogens is 1. The number of rotatable bonds is 7. The molecule has 7 nitrogen and oxygen atoms in total. The number of amides is 1. The molecule has 148 valence electrons. The average Bonchev–Trinajstić information content (AvgIpc) is 2.97. The van der Waals surface area contributed by atoms with E-state index < -0.39 is 0 Å². The Hall–Kier alpha value is -1.88. The molecule has 1 aromatic heterocycles. The molecule has 0 unspecified atom stereocenters. The van der Waals surface area contributed by atoms with Gasteiger partial charge in [0.15, 0.2) is 5.96 Å². The molecule has 1 aromatic carbocycles. The van der Waals surface area contributed by atoms with Crippen LogP contribution in [0, 0.1) is 13.8 Å². The number of methoxy groups -OCH3 is 1. The molecular weight excluding hydrogens is 477 g/mol. The number of benzene rings is 1. The van der Waals surface area contributed by atoms with Crippen LogP contribution in [-0.2, 0) is 17.9 Å². The molecule has 3 N–H and O–H groups in total. The number of nitrogens with zero attached hydrogens (tertiary/aromatic N) is 2. The fourth-order valence-corrected chi connectivity index (χ4v) is 3.17. The molecule has 0 saturated heterocycles. The summed E-state index contributed by atoms with van der Waals surface area (Å²) >= 11 is 1.65. The van der Waals surface area contributed by atoms with Crippen molar-refractivity contribution >= 4 is 47.2 Å². The lowest BCUT2D eigenvalue weighted by Gasteiger charge is -2.12. The van der Waals surface area contributed by atoms with Gasteiger partial charge in [0.1, 0.15) is 5.75 Å². The van der Waals surface area contributed by atoms with Crippen LogP contribution in [0.15, 0.2) is 29.3 Å². The smallest absolute Gasteiger partial charge is 0.239 e. The zero-order chi connectivity index (χ0) is 18.9. The van der Waals surface area contributed by atoms with Crippen molar-refractivity contribution in [3.63, 3.8) is 0 Å². The highest BCUT2D eigenvalue weighted by atomic mass is 127. The minimum atomic E-state index is -0.103. The van der Waals surface area contributed by atoms with Crippen LogP contribution in [0.1, 0.15) is 21.1 Å². The Morgan fingerprint density at radius 2 is 1.85 bits per heavy atom. The number of halogens is 1. The largest absolute Gasteiger partial charge is 0.497 e. The lowest BCUT2D eigenvalue weighted by molar-refractivity contribution is -0.120. The van der Waals surface area contributed by atoms with Gasteiger partial charge in [-0.1, -0.05) is 12.1 Å². The molecule has 0 aliphatic carbocycles. The van der Waals surface area contributed by atoms with Gasteiger partial charge in [0.25, 0.3) is 0 Å². The number of ether oxygens (including phenoxy) is 1. The molecule has 0 atom stereocenters. The summed E-state index contributed by atoms with van der Waals surface area (Å²) in [5, 5.41) is 10.1. The van der Waals surface area contributed by atoms with Gasteiger partial charge < -0.3 is 20.7 Å². The van der Waals surface area contributed by atoms with Crippen LogP contribution in [0.3, 0.4) is 0 Å². The number of aryl methyl sites for hydroxylation is 2. The van der Waals surface area contributed by atoms with Crippen molar-refractivity contribution in [2.45, 2.75) is 26.9 Å². The number of nitrogens with one attached hydrogen (secondary N) is 3. The fraction of sp³-hybridized carbons (Fsp3) is 0.389. The van der Waals surface area contributed by atoms with E-state index >= 15 is 0 Å². The summed E-state index contributed by atoms with van der Waals surface area (Å²) in [5.74, 6) is 1.27. The van der Waals surface area contributed by atoms with Crippen molar-refractivity contribution in [1.82, 2.24) is 20.9 Å². The quantitative estimate of drug-likeness (QED) is 0.307. The molecule has 2 rings (SSSR count). The molecule has 1 heterocycles. The van der Waals surface area contributed by atoms with E-state index in [2.05, 4.69) is 25.9 Å². The molecular formula is C18H26IN5O2S. The van der Waals surface area contributed by atoms with Crippen LogP contribution in [-0.4, -0.2) is 37.6 Å². The third-order valence-electron chi connectivity index (χ3n) is 3.70. The summed E-state index contributed by atoms with van der Waals surface area (Å²) in [5.41, 5.74) is 2.03. The fourth-order valence-electron chi connectivity index (χ4n) is 2.29. The summed E-state index contributed by atoms with van der Waals surface area (Å²) in [4.78, 5) is 21.7. The first-order valence-electron chi connectivity index (χ1n) is 8.29. The van der Waals surface area contributed by atoms with Gasteiger partial charge in [0.2, 0.25) is 5.91 Å². The number of hydrogen-bond donors (Lipinski definition) is 3. The van der Waals surface area contributed by atoms with Gasteiger partial charge in [0.05, 0.1) is 30.9 Å². The zero-order valence-corrected chi connectivity index (χ0v) is 19.1. The Morgan fingerprint density at radius 3 is 2.41 bits per heavy atom. The average molecular weight is 503 g/mol. The first-order valence-corrected chi connectivity index (χ1v) is 9.10. The van der Waals surface area contributed by atoms with Crippen molar-refractivity contribution in [3.05, 3.63) is 45.4 Å². The van der Waals surface area contributed by atoms with Gasteiger partial charge in [-0.25, -0.2) is 4.98 Å². The van der Waals surface area contributed by atoms with Crippen molar-refractivity contribution in [2.24, 2.45) is 4.99 Å². The monoisotopic (exact) mass is 503 g/mol. The van der Waals surface area contributed by atoms with Gasteiger partial charge >= 0.3 is 0 Å². The second kappa shape index (κ2) is 11.8. The summed E-state index contributed by atoms with van der Waals surface area (Å²) in [6.45, 7) is 5.22. The topological polar surface area (TPSA) is 87.6 Å². The third-order valence-corrected chi connectivity index (χ3v) is 4.78. The van der Waals surface area contributed by atoms with Crippen molar-refractivity contribution in [2.75, 3.05) is 20.7 Å². The van der Waals surface area contributed by atoms with Crippen LogP contribution in [0.25, 0.3) is 0 Å². The number of aliphatic imine (C=N–C) groups is 1. The summed E-state index contributed by atoms with van der Waals surface area (Å²) < 4.78 is 5.11. The van der Waals surface area contributed by atoms with E-state index in [1.165, 1.54) is 0 Å². The first-order chi connectivity index (χ1) is 12.5. The zero-order valence-electron chi connectivity index (χ0n) is 16.0. The minimum Gasteiger partial charge on any atom is -0.497 e. The van der Waals surface area contributed by atoms with E-state index in [4.69, 9.17) is 4.74 Å². The second-order valence-corrected chi connectivity index (χ2v) is 6.93. The van der Waals surface area contributed by atoms with Crippen molar-refractivity contribution < 1.29 is 9.53 Å². The Balaban J connectivity index is 0.00000364. The molecule has 0 aliphatic rings. The van der Waals surface area contributed by atoms with E-state index in [9.17, 15) is 4.79 Å². The molecule has 0 saturated carbocycles. The molecule has 0 spiro atoms. The highest BCUT2D eigenvalue weighted by Crippen LogP contribution is 2.16. The molecule has 0 radical (unpaired) electrons. The van der Waals surface area contributed by atoms with E-state index in [1.807, 2.05) is 38.1 Å². The van der Waals surface area contributed by atoms with Crippen LogP contribution >= 0.6 is 35.3 Å². The van der Waals surface area contributed by atoms with E-state index in [-0.39, 0.29) is 36.4 Å². The van der Waals surface area contributed by atoms with E-state index in [0.717, 1.165) is 26.9 Å². The van der Waals surface area contributed by atoms with Crippen molar-refractivity contribution in [1.29, 1.82) is 0 Å². The van der Waals surface area contributed by atoms with Crippen LogP contribution < -0.4 is 20.7 Å². The van der Waals surface area contributed by atoms with Gasteiger partial charge in [-0.3, -0.25) is 9.79 Å². The molecule has 1 amide bonds. The van der Waals surface area contributed by atoms with E-state index in [1.54, 1.807) is 25.5 Å². The van der Waals surface area contributed by atoms with Crippen molar-refractivity contribution in [3.8, 4) is 5.75 Å². The highest BCUT2D eigenvalue weighted by molar-refractivity contribution is 14.0. The third kappa shape index (κ3) is 7.71. The highest BCUT2D eigenvalue weighted by Gasteiger charge is 2.07. The van der Waals surface area contributed by atoms with E-state index in [0.29, 0.717) is 19.0 Å². The van der Waals surface area contributed by atoms with Gasteiger partial charge in [-0.15, -0.1) is 35.3 Å². The van der Waals surface area contributed by atoms with Crippen LogP contribution in [0.5, 0.6) is 5.75 Å². The maximum Gasteiger partial charge on any atom is 0.239 e. The maximum atomic E-state index is 12.0. The Morgan fingerprint density at radius 1 is 1.15 bits per heavy atom. The molecule has 27 heavy (non-hydrogen) atoms. The summed E-state index contributed by atoms with van der Waals surface area (Å²) in [6.07, 6.45) is 0. The van der Waals surface area contributed by atoms with Crippen LogP contribution in [0.4, 0.5) is 0 Å². The Labute approximate surface area is 181 Å². The molecule has 0 fully saturated rings. The predicted molar refractivity (Wildman–Crippen MR) is 120 cm³/mol. The molecule has 2 aromatic rings. The first kappa shape index (κ1) is 23.2. The lowest BCUT2D eigenvalue weighted by atomic mass is 10.2. The van der Waals surface area contributed by atoms with Gasteiger partial charge in [-0.2, -0.15) is 0 Å². The molecule has 0 aliphatic heterocycles. The Kier molecular flexibility index (Phi) is 10.1.